The Morgan fingerprint density at radius 3 is 2.56 bits per heavy atom. The second-order valence-electron chi connectivity index (χ2n) is 8.11. The Labute approximate surface area is 203 Å². The summed E-state index contributed by atoms with van der Waals surface area (Å²) in [4.78, 5) is 32.1. The van der Waals surface area contributed by atoms with Crippen molar-refractivity contribution < 1.29 is 18.0 Å². The maximum Gasteiger partial charge on any atom is 0.276 e. The zero-order valence-electron chi connectivity index (χ0n) is 19.1. The van der Waals surface area contributed by atoms with Crippen molar-refractivity contribution in [3.63, 3.8) is 0 Å². The van der Waals surface area contributed by atoms with Gasteiger partial charge in [0.1, 0.15) is 5.71 Å². The molecule has 1 unspecified atom stereocenters. The van der Waals surface area contributed by atoms with Gasteiger partial charge < -0.3 is 0 Å². The molecule has 2 aromatic rings. The predicted octanol–water partition coefficient (Wildman–Crippen LogP) is 3.07. The first-order chi connectivity index (χ1) is 16.2. The van der Waals surface area contributed by atoms with E-state index in [0.29, 0.717) is 23.1 Å². The number of carbonyl (C=O) groups is 2. The first-order valence-electron chi connectivity index (χ1n) is 10.7. The number of nitrogens with zero attached hydrogens (tertiary/aromatic N) is 5. The van der Waals surface area contributed by atoms with Crippen LogP contribution in [0.2, 0.25) is 0 Å². The van der Waals surface area contributed by atoms with Crippen LogP contribution in [0.15, 0.2) is 69.6 Å². The van der Waals surface area contributed by atoms with Crippen LogP contribution in [0.5, 0.6) is 0 Å². The molecule has 0 radical (unpaired) electrons. The number of carbonyl (C=O) groups excluding carboxylic acids is 2. The summed E-state index contributed by atoms with van der Waals surface area (Å²) in [6.07, 6.45) is 0.438. The fourth-order valence-electron chi connectivity index (χ4n) is 3.54. The van der Waals surface area contributed by atoms with E-state index in [1.54, 1.807) is 29.2 Å². The quantitative estimate of drug-likeness (QED) is 0.629. The first kappa shape index (κ1) is 24.1. The molecule has 34 heavy (non-hydrogen) atoms. The van der Waals surface area contributed by atoms with Gasteiger partial charge in [0.2, 0.25) is 15.9 Å². The highest BCUT2D eigenvalue weighted by Gasteiger charge is 2.35. The number of hydrogen-bond acceptors (Lipinski definition) is 7. The number of thioether (sulfide) groups is 1. The number of para-hydroxylation sites is 1. The normalized spacial score (nSPS) is 20.2. The molecule has 1 atom stereocenters. The van der Waals surface area contributed by atoms with E-state index in [0.717, 1.165) is 4.31 Å². The van der Waals surface area contributed by atoms with Crippen molar-refractivity contribution >= 4 is 55.9 Å². The Morgan fingerprint density at radius 1 is 1.12 bits per heavy atom. The monoisotopic (exact) mass is 499 g/mol. The number of amidine groups is 1. The van der Waals surface area contributed by atoms with Gasteiger partial charge in [-0.1, -0.05) is 43.0 Å². The lowest BCUT2D eigenvalue weighted by Gasteiger charge is -2.25. The fourth-order valence-corrected chi connectivity index (χ4v) is 5.51. The Kier molecular flexibility index (Phi) is 6.87. The highest BCUT2D eigenvalue weighted by Crippen LogP contribution is 2.30. The van der Waals surface area contributed by atoms with Crippen molar-refractivity contribution in [1.82, 2.24) is 9.21 Å². The second kappa shape index (κ2) is 9.69. The number of benzene rings is 2. The fraction of sp³-hybridized carbons (Fsp3) is 0.304. The minimum absolute atomic E-state index is 0.104. The lowest BCUT2D eigenvalue weighted by Crippen LogP contribution is -2.42. The van der Waals surface area contributed by atoms with Crippen molar-refractivity contribution in [2.24, 2.45) is 10.1 Å². The Morgan fingerprint density at radius 2 is 1.85 bits per heavy atom. The second-order valence-corrected chi connectivity index (χ2v) is 11.7. The molecule has 0 N–H and O–H groups in total. The van der Waals surface area contributed by atoms with Crippen molar-refractivity contribution in [3.8, 4) is 0 Å². The molecule has 2 aliphatic heterocycles. The van der Waals surface area contributed by atoms with Crippen LogP contribution in [0.1, 0.15) is 19.8 Å². The number of sulfonamides is 1. The smallest absolute Gasteiger partial charge is 0.276 e. The summed E-state index contributed by atoms with van der Waals surface area (Å²) in [6, 6.07) is 15.3. The molecule has 178 valence electrons. The van der Waals surface area contributed by atoms with Gasteiger partial charge in [0.15, 0.2) is 5.17 Å². The third-order valence-electron chi connectivity index (χ3n) is 5.32. The van der Waals surface area contributed by atoms with Crippen LogP contribution in [0.4, 0.5) is 11.4 Å². The molecule has 1 fully saturated rings. The molecule has 4 rings (SSSR count). The molecule has 2 heterocycles. The molecule has 2 aliphatic rings. The van der Waals surface area contributed by atoms with Gasteiger partial charge in [-0.15, -0.1) is 0 Å². The lowest BCUT2D eigenvalue weighted by molar-refractivity contribution is -0.120. The Bertz CT molecular complexity index is 1280. The topological polar surface area (TPSA) is 103 Å². The van der Waals surface area contributed by atoms with E-state index < -0.39 is 10.0 Å². The maximum atomic E-state index is 13.4. The molecular formula is C23H25N5O4S2. The number of hydrogen-bond donors (Lipinski definition) is 0. The maximum absolute atomic E-state index is 13.4. The minimum atomic E-state index is -3.61. The predicted molar refractivity (Wildman–Crippen MR) is 134 cm³/mol. The number of hydrazone groups is 1. The molecule has 1 saturated heterocycles. The largest absolute Gasteiger partial charge is 0.285 e. The van der Waals surface area contributed by atoms with Crippen molar-refractivity contribution in [1.29, 1.82) is 0 Å². The van der Waals surface area contributed by atoms with Gasteiger partial charge in [-0.05, 0) is 30.3 Å². The average Bonchev–Trinajstić information content (AvgIpc) is 3.19. The molecule has 0 saturated carbocycles. The molecular weight excluding hydrogens is 474 g/mol. The van der Waals surface area contributed by atoms with Crippen LogP contribution in [-0.2, 0) is 19.6 Å². The van der Waals surface area contributed by atoms with Gasteiger partial charge >= 0.3 is 0 Å². The SMILES string of the molecule is CC1CN(C(=O)C2=NN(c3ccccc3)C(=O)CC2)C(=Nc2cccc(S(=O)(=O)N(C)C)c2)S1. The van der Waals surface area contributed by atoms with Crippen LogP contribution in [0.25, 0.3) is 0 Å². The Balaban J connectivity index is 1.64. The summed E-state index contributed by atoms with van der Waals surface area (Å²) < 4.78 is 26.1. The zero-order valence-corrected chi connectivity index (χ0v) is 20.7. The van der Waals surface area contributed by atoms with E-state index in [4.69, 9.17) is 0 Å². The van der Waals surface area contributed by atoms with Crippen molar-refractivity contribution in [3.05, 3.63) is 54.6 Å². The van der Waals surface area contributed by atoms with Gasteiger partial charge in [0, 0.05) is 38.7 Å². The summed E-state index contributed by atoms with van der Waals surface area (Å²) in [5.41, 5.74) is 1.33. The zero-order chi connectivity index (χ0) is 24.5. The van der Waals surface area contributed by atoms with E-state index >= 15 is 0 Å². The average molecular weight is 500 g/mol. The number of amides is 2. The minimum Gasteiger partial charge on any atom is -0.285 e. The van der Waals surface area contributed by atoms with Gasteiger partial charge in [-0.3, -0.25) is 14.5 Å². The molecule has 0 bridgehead atoms. The summed E-state index contributed by atoms with van der Waals surface area (Å²) >= 11 is 1.44. The molecule has 2 aromatic carbocycles. The highest BCUT2D eigenvalue weighted by atomic mass is 32.2. The lowest BCUT2D eigenvalue weighted by atomic mass is 10.1. The van der Waals surface area contributed by atoms with Crippen LogP contribution < -0.4 is 5.01 Å². The summed E-state index contributed by atoms with van der Waals surface area (Å²) in [7, 11) is -0.670. The van der Waals surface area contributed by atoms with Gasteiger partial charge in [0.05, 0.1) is 16.3 Å². The molecule has 9 nitrogen and oxygen atoms in total. The highest BCUT2D eigenvalue weighted by molar-refractivity contribution is 8.14. The van der Waals surface area contributed by atoms with E-state index in [-0.39, 0.29) is 40.5 Å². The van der Waals surface area contributed by atoms with E-state index in [1.165, 1.54) is 43.0 Å². The summed E-state index contributed by atoms with van der Waals surface area (Å²) in [5, 5.41) is 6.22. The third-order valence-corrected chi connectivity index (χ3v) is 8.21. The van der Waals surface area contributed by atoms with Crippen LogP contribution in [-0.4, -0.2) is 66.2 Å². The van der Waals surface area contributed by atoms with Gasteiger partial charge in [0.25, 0.3) is 5.91 Å². The number of rotatable bonds is 5. The molecule has 0 aromatic heterocycles. The van der Waals surface area contributed by atoms with Crippen molar-refractivity contribution in [2.45, 2.75) is 29.9 Å². The molecule has 11 heteroatoms. The van der Waals surface area contributed by atoms with Crippen LogP contribution in [0.3, 0.4) is 0 Å². The first-order valence-corrected chi connectivity index (χ1v) is 13.0. The van der Waals surface area contributed by atoms with Crippen molar-refractivity contribution in [2.75, 3.05) is 25.6 Å². The molecule has 0 spiro atoms. The summed E-state index contributed by atoms with van der Waals surface area (Å²) in [5.74, 6) is -0.471. The number of anilines is 1. The van der Waals surface area contributed by atoms with Gasteiger partial charge in [-0.2, -0.15) is 5.10 Å². The molecule has 2 amide bonds. The number of aliphatic imine (C=N–C) groups is 1. The van der Waals surface area contributed by atoms with Crippen LogP contribution >= 0.6 is 11.8 Å². The Hall–Kier alpha value is -3.02. The standard InChI is InChI=1S/C23H25N5O4S2/c1-16-15-27(22(30)20-12-13-21(29)28(25-20)18-9-5-4-6-10-18)23(33-16)24-17-8-7-11-19(14-17)34(31,32)26(2)3/h4-11,14,16H,12-13,15H2,1-3H3. The van der Waals surface area contributed by atoms with Gasteiger partial charge in [-0.25, -0.2) is 22.7 Å². The van der Waals surface area contributed by atoms with E-state index in [1.807, 2.05) is 25.1 Å². The third kappa shape index (κ3) is 4.91. The molecule has 0 aliphatic carbocycles. The van der Waals surface area contributed by atoms with E-state index in [9.17, 15) is 18.0 Å². The summed E-state index contributed by atoms with van der Waals surface area (Å²) in [6.45, 7) is 2.43. The van der Waals surface area contributed by atoms with Crippen LogP contribution in [0, 0.1) is 0 Å². The van der Waals surface area contributed by atoms with E-state index in [2.05, 4.69) is 10.1 Å².